The molecular formula is C9H17NO2. The van der Waals surface area contributed by atoms with Gasteiger partial charge in [0.2, 0.25) is 0 Å². The minimum absolute atomic E-state index is 0.175. The number of ether oxygens (including phenoxy) is 1. The molecule has 0 radical (unpaired) electrons. The van der Waals surface area contributed by atoms with E-state index >= 15 is 0 Å². The van der Waals surface area contributed by atoms with E-state index in [0.717, 1.165) is 25.7 Å². The third-order valence-electron chi connectivity index (χ3n) is 2.07. The highest BCUT2D eigenvalue weighted by atomic mass is 16.5. The van der Waals surface area contributed by atoms with Gasteiger partial charge < -0.3 is 9.53 Å². The fraction of sp³-hybridized carbons (Fsp3) is 0.889. The molecule has 1 fully saturated rings. The Morgan fingerprint density at radius 3 is 2.92 bits per heavy atom. The maximum absolute atomic E-state index is 10.1. The number of nitrogens with one attached hydrogen (secondary N) is 1. The van der Waals surface area contributed by atoms with Crippen LogP contribution < -0.4 is 5.32 Å². The van der Waals surface area contributed by atoms with Gasteiger partial charge in [0.05, 0.1) is 6.61 Å². The van der Waals surface area contributed by atoms with Gasteiger partial charge in [0.1, 0.15) is 12.0 Å². The summed E-state index contributed by atoms with van der Waals surface area (Å²) in [7, 11) is 0. The molecule has 1 heterocycles. The largest absolute Gasteiger partial charge is 0.360 e. The molecule has 0 spiro atoms. The minimum Gasteiger partial charge on any atom is -0.360 e. The number of unbranched alkanes of at least 4 members (excludes halogenated alkanes) is 1. The number of rotatable bonds is 4. The summed E-state index contributed by atoms with van der Waals surface area (Å²) < 4.78 is 5.48. The number of carbonyl (C=O) groups excluding carboxylic acids is 1. The van der Waals surface area contributed by atoms with Crippen molar-refractivity contribution in [2.24, 2.45) is 0 Å². The van der Waals surface area contributed by atoms with Crippen LogP contribution in [-0.4, -0.2) is 24.7 Å². The van der Waals surface area contributed by atoms with Gasteiger partial charge in [0.15, 0.2) is 0 Å². The van der Waals surface area contributed by atoms with E-state index in [4.69, 9.17) is 4.74 Å². The molecule has 12 heavy (non-hydrogen) atoms. The maximum atomic E-state index is 10.1. The lowest BCUT2D eigenvalue weighted by molar-refractivity contribution is -0.107. The molecule has 0 bridgehead atoms. The van der Waals surface area contributed by atoms with E-state index < -0.39 is 0 Å². The molecular weight excluding hydrogens is 154 g/mol. The first-order valence-corrected chi connectivity index (χ1v) is 4.49. The SMILES string of the molecule is CC1(C)N[C@H](CCCC=O)CO1. The summed E-state index contributed by atoms with van der Waals surface area (Å²) in [5, 5.41) is 3.35. The Bertz CT molecular complexity index is 157. The van der Waals surface area contributed by atoms with E-state index in [1.54, 1.807) is 0 Å². The molecule has 0 unspecified atom stereocenters. The first-order valence-electron chi connectivity index (χ1n) is 4.49. The zero-order chi connectivity index (χ0) is 9.03. The summed E-state index contributed by atoms with van der Waals surface area (Å²) in [4.78, 5) is 10.1. The number of carbonyl (C=O) groups is 1. The van der Waals surface area contributed by atoms with Crippen LogP contribution in [0.15, 0.2) is 0 Å². The van der Waals surface area contributed by atoms with Gasteiger partial charge in [-0.3, -0.25) is 5.32 Å². The molecule has 0 aromatic carbocycles. The van der Waals surface area contributed by atoms with Crippen molar-refractivity contribution in [3.05, 3.63) is 0 Å². The maximum Gasteiger partial charge on any atom is 0.119 e. The standard InChI is InChI=1S/C9H17NO2/c1-9(2)10-8(7-12-9)5-3-4-6-11/h6,8,10H,3-5,7H2,1-2H3/t8-/m1/s1. The molecule has 1 N–H and O–H groups in total. The number of hydrogen-bond acceptors (Lipinski definition) is 3. The lowest BCUT2D eigenvalue weighted by atomic mass is 10.1. The van der Waals surface area contributed by atoms with Gasteiger partial charge in [-0.1, -0.05) is 0 Å². The van der Waals surface area contributed by atoms with Crippen molar-refractivity contribution in [2.75, 3.05) is 6.61 Å². The summed E-state index contributed by atoms with van der Waals surface area (Å²) in [6.07, 6.45) is 3.63. The molecule has 1 rings (SSSR count). The molecule has 1 aliphatic rings. The van der Waals surface area contributed by atoms with E-state index in [1.807, 2.05) is 13.8 Å². The van der Waals surface area contributed by atoms with Crippen LogP contribution in [0.3, 0.4) is 0 Å². The normalized spacial score (nSPS) is 27.3. The number of hydrogen-bond donors (Lipinski definition) is 1. The van der Waals surface area contributed by atoms with Gasteiger partial charge in [0, 0.05) is 12.5 Å². The first-order chi connectivity index (χ1) is 5.64. The highest BCUT2D eigenvalue weighted by molar-refractivity contribution is 5.48. The second kappa shape index (κ2) is 4.01. The summed E-state index contributed by atoms with van der Waals surface area (Å²) in [5.74, 6) is 0. The van der Waals surface area contributed by atoms with E-state index in [9.17, 15) is 4.79 Å². The third kappa shape index (κ3) is 2.91. The Balaban J connectivity index is 2.15. The Kier molecular flexibility index (Phi) is 3.23. The molecule has 0 aromatic rings. The molecule has 1 aliphatic heterocycles. The molecule has 3 nitrogen and oxygen atoms in total. The van der Waals surface area contributed by atoms with Crippen LogP contribution in [0, 0.1) is 0 Å². The van der Waals surface area contributed by atoms with Crippen molar-refractivity contribution in [2.45, 2.75) is 44.9 Å². The van der Waals surface area contributed by atoms with Gasteiger partial charge in [0.25, 0.3) is 0 Å². The molecule has 70 valence electrons. The molecule has 3 heteroatoms. The molecule has 0 aromatic heterocycles. The van der Waals surface area contributed by atoms with Crippen molar-refractivity contribution in [1.29, 1.82) is 0 Å². The van der Waals surface area contributed by atoms with Crippen LogP contribution in [0.25, 0.3) is 0 Å². The third-order valence-corrected chi connectivity index (χ3v) is 2.07. The van der Waals surface area contributed by atoms with Crippen LogP contribution in [0.5, 0.6) is 0 Å². The highest BCUT2D eigenvalue weighted by Crippen LogP contribution is 2.17. The second-order valence-corrected chi connectivity index (χ2v) is 3.76. The molecule has 0 aliphatic carbocycles. The quantitative estimate of drug-likeness (QED) is 0.508. The predicted molar refractivity (Wildman–Crippen MR) is 46.9 cm³/mol. The van der Waals surface area contributed by atoms with Gasteiger partial charge in [-0.25, -0.2) is 0 Å². The minimum atomic E-state index is -0.175. The Labute approximate surface area is 73.5 Å². The summed E-state index contributed by atoms with van der Waals surface area (Å²) in [6, 6.07) is 0.431. The van der Waals surface area contributed by atoms with E-state index in [0.29, 0.717) is 12.5 Å². The zero-order valence-corrected chi connectivity index (χ0v) is 7.80. The van der Waals surface area contributed by atoms with Gasteiger partial charge in [-0.2, -0.15) is 0 Å². The highest BCUT2D eigenvalue weighted by Gasteiger charge is 2.29. The Hall–Kier alpha value is -0.410. The molecule has 0 amide bonds. The monoisotopic (exact) mass is 171 g/mol. The average Bonchev–Trinajstić information content (AvgIpc) is 2.31. The fourth-order valence-electron chi connectivity index (χ4n) is 1.49. The van der Waals surface area contributed by atoms with Crippen molar-refractivity contribution >= 4 is 6.29 Å². The van der Waals surface area contributed by atoms with Crippen LogP contribution >= 0.6 is 0 Å². The molecule has 1 atom stereocenters. The van der Waals surface area contributed by atoms with Crippen molar-refractivity contribution in [3.63, 3.8) is 0 Å². The van der Waals surface area contributed by atoms with Gasteiger partial charge in [-0.05, 0) is 26.7 Å². The van der Waals surface area contributed by atoms with Crippen molar-refractivity contribution in [1.82, 2.24) is 5.32 Å². The van der Waals surface area contributed by atoms with Crippen molar-refractivity contribution < 1.29 is 9.53 Å². The van der Waals surface area contributed by atoms with E-state index in [-0.39, 0.29) is 5.72 Å². The Morgan fingerprint density at radius 2 is 2.42 bits per heavy atom. The lowest BCUT2D eigenvalue weighted by Crippen LogP contribution is -2.38. The van der Waals surface area contributed by atoms with E-state index in [2.05, 4.69) is 5.32 Å². The van der Waals surface area contributed by atoms with Crippen LogP contribution in [0.1, 0.15) is 33.1 Å². The summed E-state index contributed by atoms with van der Waals surface area (Å²) in [5.41, 5.74) is -0.175. The second-order valence-electron chi connectivity index (χ2n) is 3.76. The van der Waals surface area contributed by atoms with Crippen LogP contribution in [0.2, 0.25) is 0 Å². The Morgan fingerprint density at radius 1 is 1.67 bits per heavy atom. The van der Waals surface area contributed by atoms with Crippen LogP contribution in [-0.2, 0) is 9.53 Å². The molecule has 1 saturated heterocycles. The summed E-state index contributed by atoms with van der Waals surface area (Å²) in [6.45, 7) is 4.81. The topological polar surface area (TPSA) is 38.3 Å². The van der Waals surface area contributed by atoms with Crippen LogP contribution in [0.4, 0.5) is 0 Å². The van der Waals surface area contributed by atoms with Gasteiger partial charge >= 0.3 is 0 Å². The predicted octanol–water partition coefficient (Wildman–Crippen LogP) is 1.08. The summed E-state index contributed by atoms with van der Waals surface area (Å²) >= 11 is 0. The zero-order valence-electron chi connectivity index (χ0n) is 7.80. The first kappa shape index (κ1) is 9.68. The number of aldehydes is 1. The van der Waals surface area contributed by atoms with E-state index in [1.165, 1.54) is 0 Å². The average molecular weight is 171 g/mol. The van der Waals surface area contributed by atoms with Gasteiger partial charge in [-0.15, -0.1) is 0 Å². The molecule has 0 saturated carbocycles. The smallest absolute Gasteiger partial charge is 0.119 e. The lowest BCUT2D eigenvalue weighted by Gasteiger charge is -2.17. The fourth-order valence-corrected chi connectivity index (χ4v) is 1.49. The van der Waals surface area contributed by atoms with Crippen molar-refractivity contribution in [3.8, 4) is 0 Å².